The Balaban J connectivity index is 1.64. The van der Waals surface area contributed by atoms with E-state index < -0.39 is 115 Å². The van der Waals surface area contributed by atoms with Crippen LogP contribution >= 0.6 is 0 Å². The molecule has 4 aliphatic heterocycles. The van der Waals surface area contributed by atoms with Crippen molar-refractivity contribution in [2.75, 3.05) is 21.2 Å². The highest BCUT2D eigenvalue weighted by Crippen LogP contribution is 2.38. The van der Waals surface area contributed by atoms with Gasteiger partial charge in [-0.3, -0.25) is 19.2 Å². The molecule has 17 heteroatoms. The second kappa shape index (κ2) is 21.3. The van der Waals surface area contributed by atoms with Crippen molar-refractivity contribution < 1.29 is 76.8 Å². The number of hydrogen-bond acceptors (Lipinski definition) is 17. The van der Waals surface area contributed by atoms with E-state index in [0.717, 1.165) is 0 Å². The van der Waals surface area contributed by atoms with Crippen molar-refractivity contribution in [3.63, 3.8) is 0 Å². The van der Waals surface area contributed by atoms with E-state index in [4.69, 9.17) is 42.6 Å². The lowest BCUT2D eigenvalue weighted by atomic mass is 9.83. The maximum Gasteiger partial charge on any atom is 0.309 e. The van der Waals surface area contributed by atoms with Crippen molar-refractivity contribution in [1.29, 1.82) is 0 Å². The second-order valence-electron chi connectivity index (χ2n) is 17.5. The van der Waals surface area contributed by atoms with E-state index in [2.05, 4.69) is 0 Å². The van der Waals surface area contributed by atoms with E-state index >= 15 is 0 Å². The van der Waals surface area contributed by atoms with Gasteiger partial charge in [0.15, 0.2) is 24.5 Å². The van der Waals surface area contributed by atoms with Crippen LogP contribution in [0.25, 0.3) is 0 Å². The number of aliphatic hydroxyl groups excluding tert-OH is 1. The first-order valence-corrected chi connectivity index (χ1v) is 20.7. The third-order valence-corrected chi connectivity index (χ3v) is 11.4. The minimum atomic E-state index is -1.51. The Labute approximate surface area is 347 Å². The van der Waals surface area contributed by atoms with Crippen LogP contribution < -0.4 is 0 Å². The van der Waals surface area contributed by atoms with Gasteiger partial charge in [0.05, 0.1) is 36.9 Å². The Hall–Kier alpha value is -2.87. The molecule has 0 aromatic heterocycles. The van der Waals surface area contributed by atoms with E-state index in [1.807, 2.05) is 13.8 Å². The van der Waals surface area contributed by atoms with Gasteiger partial charge in [0.25, 0.3) is 0 Å². The highest BCUT2D eigenvalue weighted by molar-refractivity contribution is 5.91. The van der Waals surface area contributed by atoms with E-state index in [9.17, 15) is 34.2 Å². The van der Waals surface area contributed by atoms with Gasteiger partial charge in [0.2, 0.25) is 0 Å². The minimum absolute atomic E-state index is 0.0551. The quantitative estimate of drug-likeness (QED) is 0.125. The maximum absolute atomic E-state index is 13.4. The molecule has 4 rings (SSSR count). The van der Waals surface area contributed by atoms with E-state index in [1.54, 1.807) is 59.7 Å². The summed E-state index contributed by atoms with van der Waals surface area (Å²) in [7, 11) is 4.82. The number of ketones is 1. The van der Waals surface area contributed by atoms with Crippen molar-refractivity contribution >= 4 is 30.0 Å². The molecule has 0 saturated carbocycles. The first-order valence-electron chi connectivity index (χ1n) is 20.7. The molecule has 3 saturated heterocycles. The molecule has 0 bridgehead atoms. The Morgan fingerprint density at radius 1 is 1.00 bits per heavy atom. The Kier molecular flexibility index (Phi) is 17.6. The topological polar surface area (TPSA) is 215 Å². The summed E-state index contributed by atoms with van der Waals surface area (Å²) in [6, 6.07) is -0.800. The van der Waals surface area contributed by atoms with Gasteiger partial charge >= 0.3 is 17.9 Å². The zero-order valence-electron chi connectivity index (χ0n) is 36.3. The van der Waals surface area contributed by atoms with Gasteiger partial charge < -0.3 is 62.5 Å². The first kappa shape index (κ1) is 48.8. The molecule has 0 amide bonds. The van der Waals surface area contributed by atoms with Crippen molar-refractivity contribution in [2.45, 2.75) is 185 Å². The number of epoxide rings is 1. The number of esters is 3. The number of likely N-dealkylation sites (N-methyl/N-ethyl adjacent to an activating group) is 1. The van der Waals surface area contributed by atoms with Gasteiger partial charge in [-0.25, -0.2) is 0 Å². The lowest BCUT2D eigenvalue weighted by Crippen LogP contribution is -2.66. The van der Waals surface area contributed by atoms with E-state index in [-0.39, 0.29) is 49.6 Å². The lowest BCUT2D eigenvalue weighted by molar-refractivity contribution is -0.344. The molecule has 0 aromatic carbocycles. The molecular weight excluding hydrogens is 774 g/mol. The molecule has 4 heterocycles. The number of aliphatic hydroxyl groups is 2. The number of carbonyl (C=O) groups is 5. The van der Waals surface area contributed by atoms with Crippen LogP contribution in [0.15, 0.2) is 12.2 Å². The van der Waals surface area contributed by atoms with Gasteiger partial charge in [-0.2, -0.15) is 0 Å². The van der Waals surface area contributed by atoms with E-state index in [0.29, 0.717) is 12.7 Å². The summed E-state index contributed by atoms with van der Waals surface area (Å²) in [5, 5.41) is 23.5. The number of allylic oxidation sites excluding steroid dienone is 1. The summed E-state index contributed by atoms with van der Waals surface area (Å²) in [6.07, 6.45) is -7.99. The smallest absolute Gasteiger partial charge is 0.309 e. The SMILES string of the molecule is CO[C@H]1[C@@H](O[C@@H]2O[C@H](C)[C@H](O[C@@H]3C[C@](C)(O)[C@H](OC(=O)CC(C)C)[C@H](C)O3)[C@@H](N(C)C)[C@H]2O)[C@@H](CC=O)C[C@@H](C)C(=O)C=C[C@H]2O[C@H]2C[C@@H](C)OC(=O)C[C@H]1OC(C)=O. The molecule has 0 spiro atoms. The van der Waals surface area contributed by atoms with Crippen LogP contribution in [0, 0.1) is 17.8 Å². The fourth-order valence-corrected chi connectivity index (χ4v) is 8.51. The van der Waals surface area contributed by atoms with Gasteiger partial charge in [-0.05, 0) is 72.2 Å². The summed E-state index contributed by atoms with van der Waals surface area (Å²) in [6.45, 7) is 13.4. The number of aldehydes is 1. The lowest BCUT2D eigenvalue weighted by Gasteiger charge is -2.50. The predicted octanol–water partition coefficient (Wildman–Crippen LogP) is 2.43. The first-order chi connectivity index (χ1) is 27.6. The fraction of sp³-hybridized carbons (Fsp3) is 0.833. The third-order valence-electron chi connectivity index (χ3n) is 11.4. The molecule has 59 heavy (non-hydrogen) atoms. The highest BCUT2D eigenvalue weighted by Gasteiger charge is 2.53. The normalized spacial score (nSPS) is 41.2. The summed E-state index contributed by atoms with van der Waals surface area (Å²) >= 11 is 0. The zero-order valence-corrected chi connectivity index (χ0v) is 36.3. The van der Waals surface area contributed by atoms with Gasteiger partial charge in [-0.1, -0.05) is 20.8 Å². The third kappa shape index (κ3) is 13.3. The number of fused-ring (bicyclic) bond motifs is 1. The largest absolute Gasteiger partial charge is 0.462 e. The van der Waals surface area contributed by atoms with Crippen molar-refractivity contribution in [1.82, 2.24) is 4.90 Å². The summed E-state index contributed by atoms with van der Waals surface area (Å²) in [4.78, 5) is 65.8. The standard InChI is InChI=1S/C42H67NO16/c1-21(2)16-32(47)57-40-25(6)53-34(20-42(40,8)50)58-37-24(5)54-41(36(49)35(37)43(9)10)59-38-27(14-15-44)17-22(3)28(46)12-13-29-30(56-29)18-23(4)52-33(48)19-31(39(38)51-11)55-26(7)45/h12-13,15,21-25,27,29-31,34-41,49-50H,14,16-20H2,1-11H3/t22-,23-,24-,25+,27+,29-,30+,31-,34-,35+,36-,37+,38+,39-,40-,41+,42+/m1/s1. The molecule has 2 N–H and O–H groups in total. The number of methoxy groups -OCH3 is 1. The van der Waals surface area contributed by atoms with Gasteiger partial charge in [-0.15, -0.1) is 0 Å². The van der Waals surface area contributed by atoms with Crippen molar-refractivity contribution in [3.05, 3.63) is 12.2 Å². The number of ether oxygens (including phenoxy) is 9. The van der Waals surface area contributed by atoms with Crippen LogP contribution in [0.1, 0.15) is 93.9 Å². The molecule has 4 aliphatic rings. The van der Waals surface area contributed by atoms with Crippen LogP contribution in [0.2, 0.25) is 0 Å². The van der Waals surface area contributed by atoms with Crippen LogP contribution in [0.5, 0.6) is 0 Å². The van der Waals surface area contributed by atoms with Gasteiger partial charge in [0, 0.05) is 45.6 Å². The second-order valence-corrected chi connectivity index (χ2v) is 17.5. The van der Waals surface area contributed by atoms with Crippen molar-refractivity contribution in [2.24, 2.45) is 17.8 Å². The summed E-state index contributed by atoms with van der Waals surface area (Å²) < 4.78 is 54.2. The number of nitrogens with zero attached hydrogens (tertiary/aromatic N) is 1. The number of hydrogen-bond donors (Lipinski definition) is 2. The highest BCUT2D eigenvalue weighted by atomic mass is 16.7. The Morgan fingerprint density at radius 3 is 2.29 bits per heavy atom. The maximum atomic E-state index is 13.4. The van der Waals surface area contributed by atoms with Gasteiger partial charge in [0.1, 0.15) is 48.5 Å². The fourth-order valence-electron chi connectivity index (χ4n) is 8.51. The molecule has 0 aromatic rings. The monoisotopic (exact) mass is 841 g/mol. The molecule has 336 valence electrons. The summed E-state index contributed by atoms with van der Waals surface area (Å²) in [5.41, 5.74) is -1.51. The van der Waals surface area contributed by atoms with Crippen LogP contribution in [-0.2, 0) is 66.6 Å². The zero-order chi connectivity index (χ0) is 43.9. The Morgan fingerprint density at radius 2 is 1.69 bits per heavy atom. The molecule has 17 nitrogen and oxygen atoms in total. The number of carbonyl (C=O) groups excluding carboxylic acids is 5. The van der Waals surface area contributed by atoms with Crippen LogP contribution in [0.4, 0.5) is 0 Å². The predicted molar refractivity (Wildman–Crippen MR) is 208 cm³/mol. The Bertz CT molecular complexity index is 1470. The number of cyclic esters (lactones) is 1. The molecular formula is C42H67NO16. The molecule has 17 atom stereocenters. The number of rotatable bonds is 12. The molecule has 0 unspecified atom stereocenters. The summed E-state index contributed by atoms with van der Waals surface area (Å²) in [5.74, 6) is -3.35. The average molecular weight is 842 g/mol. The molecule has 3 fully saturated rings. The molecule has 0 radical (unpaired) electrons. The minimum Gasteiger partial charge on any atom is -0.462 e. The van der Waals surface area contributed by atoms with E-state index in [1.165, 1.54) is 20.1 Å². The van der Waals surface area contributed by atoms with Crippen LogP contribution in [-0.4, -0.2) is 158 Å². The van der Waals surface area contributed by atoms with Crippen molar-refractivity contribution in [3.8, 4) is 0 Å². The molecule has 0 aliphatic carbocycles. The average Bonchev–Trinajstić information content (AvgIpc) is 3.85. The van der Waals surface area contributed by atoms with Crippen LogP contribution in [0.3, 0.4) is 0 Å².